The normalized spacial score (nSPS) is 16.6. The Hall–Kier alpha value is -10.0. The summed E-state index contributed by atoms with van der Waals surface area (Å²) < 4.78 is 10.6. The lowest BCUT2D eigenvalue weighted by molar-refractivity contribution is -0.393. The monoisotopic (exact) mass is 1330 g/mol. The Morgan fingerprint density at radius 2 is 1.20 bits per heavy atom. The summed E-state index contributed by atoms with van der Waals surface area (Å²) in [5.74, 6) is -8.02. The number of carbonyl (C=O) groups is 10. The fourth-order valence-corrected chi connectivity index (χ4v) is 11.1. The lowest BCUT2D eigenvalue weighted by Crippen LogP contribution is -2.60. The molecular weight excluding hydrogens is 1240 g/mol. The van der Waals surface area contributed by atoms with E-state index in [2.05, 4.69) is 47.5 Å². The van der Waals surface area contributed by atoms with Crippen LogP contribution in [0.5, 0.6) is 5.75 Å². The second-order valence-electron chi connectivity index (χ2n) is 24.3. The van der Waals surface area contributed by atoms with Gasteiger partial charge < -0.3 is 84.4 Å². The number of amides is 10. The highest BCUT2D eigenvalue weighted by Crippen LogP contribution is 2.30. The summed E-state index contributed by atoms with van der Waals surface area (Å²) in [5.41, 5.74) is 20.3. The number of benzene rings is 2. The standard InChI is InChI=1S/C61H89N17O17/c1-32(2)25-43(73-59(88)47-16-12-24-76(47)60(89)42(13-8-9-21-62)71-58(87)46-15-11-23-75(46)50(79)27-36-28-51(80)95-49-30-38(94-7)18-19-39(36)49)55(84)68-35(6)54(83)72-44(26-33(3)4)56(85)74-45(31-67-40-20-17-37(77(90)91)29-48(40)78(92)93)57(86)69-34(5)53(82)70-41(52(63)81)14-10-22-66-61(64)65/h17-20,28-30,32-35,41-47,67H,8-16,21-27,31,62H2,1-7H3,(H2,63,81)(H,68,84)(H,69,86)(H,70,82)(H,71,87)(H,72,83)(H,73,88)(H,74,85)(H4,64,65,66). The Labute approximate surface area is 547 Å². The maximum atomic E-state index is 14.6. The summed E-state index contributed by atoms with van der Waals surface area (Å²) in [5, 5.41) is 44.9. The molecule has 3 aromatic rings. The van der Waals surface area contributed by atoms with Gasteiger partial charge in [0.25, 0.3) is 11.4 Å². The number of aliphatic imine (C=N–C) groups is 1. The molecule has 2 aliphatic rings. The Bertz CT molecular complexity index is 3390. The van der Waals surface area contributed by atoms with Crippen LogP contribution in [0.1, 0.15) is 118 Å². The molecule has 9 atom stereocenters. The largest absolute Gasteiger partial charge is 0.497 e. The van der Waals surface area contributed by atoms with Gasteiger partial charge in [0.05, 0.1) is 29.4 Å². The number of methoxy groups -OCH3 is 1. The summed E-state index contributed by atoms with van der Waals surface area (Å²) in [4.78, 5) is 180. The van der Waals surface area contributed by atoms with E-state index in [1.54, 1.807) is 39.8 Å². The second-order valence-corrected chi connectivity index (χ2v) is 24.3. The molecule has 0 saturated carbocycles. The third-order valence-corrected chi connectivity index (χ3v) is 16.0. The van der Waals surface area contributed by atoms with Gasteiger partial charge in [0.2, 0.25) is 59.1 Å². The van der Waals surface area contributed by atoms with Crippen LogP contribution in [0.2, 0.25) is 0 Å². The molecule has 5 rings (SSSR count). The van der Waals surface area contributed by atoms with Gasteiger partial charge in [0, 0.05) is 49.8 Å². The molecule has 2 fully saturated rings. The molecule has 1 aromatic heterocycles. The topological polar surface area (TPSA) is 516 Å². The Morgan fingerprint density at radius 3 is 1.77 bits per heavy atom. The molecule has 95 heavy (non-hydrogen) atoms. The fraction of sp³-hybridized carbons (Fsp3) is 0.574. The average Bonchev–Trinajstić information content (AvgIpc) is 1.82. The zero-order valence-corrected chi connectivity index (χ0v) is 54.4. The van der Waals surface area contributed by atoms with Crippen molar-refractivity contribution in [3.63, 3.8) is 0 Å². The van der Waals surface area contributed by atoms with Gasteiger partial charge in [-0.25, -0.2) is 4.79 Å². The van der Waals surface area contributed by atoms with E-state index in [4.69, 9.17) is 32.1 Å². The zero-order valence-electron chi connectivity index (χ0n) is 54.4. The molecule has 2 aromatic carbocycles. The number of non-ortho nitro benzene ring substituents is 1. The number of nitrogens with zero attached hydrogens (tertiary/aromatic N) is 5. The molecule has 2 aliphatic heterocycles. The van der Waals surface area contributed by atoms with Crippen LogP contribution in [0.25, 0.3) is 11.0 Å². The van der Waals surface area contributed by atoms with E-state index >= 15 is 0 Å². The van der Waals surface area contributed by atoms with Crippen molar-refractivity contribution in [3.8, 4) is 5.75 Å². The van der Waals surface area contributed by atoms with Gasteiger partial charge >= 0.3 is 5.63 Å². The van der Waals surface area contributed by atoms with Crippen molar-refractivity contribution in [1.82, 2.24) is 47.0 Å². The van der Waals surface area contributed by atoms with Crippen molar-refractivity contribution in [2.45, 2.75) is 173 Å². The smallest absolute Gasteiger partial charge is 0.336 e. The quantitative estimate of drug-likeness (QED) is 0.00867. The van der Waals surface area contributed by atoms with Gasteiger partial charge in [-0.2, -0.15) is 0 Å². The number of nitrogens with one attached hydrogen (secondary N) is 8. The number of nitro benzene ring substituents is 2. The molecule has 3 heterocycles. The average molecular weight is 1330 g/mol. The number of rotatable bonds is 36. The highest BCUT2D eigenvalue weighted by atomic mass is 16.6. The lowest BCUT2D eigenvalue weighted by Gasteiger charge is -2.31. The Kier molecular flexibility index (Phi) is 28.6. The molecule has 16 N–H and O–H groups in total. The number of carbonyl (C=O) groups excluding carboxylic acids is 10. The number of likely N-dealkylation sites (tertiary alicyclic amines) is 2. The van der Waals surface area contributed by atoms with Crippen molar-refractivity contribution in [2.24, 2.45) is 39.8 Å². The Morgan fingerprint density at radius 1 is 0.653 bits per heavy atom. The number of hydrogen-bond acceptors (Lipinski definition) is 20. The molecule has 0 spiro atoms. The SMILES string of the molecule is COc1ccc2c(CC(=O)N3CCCC3C(=O)NC(CCCCN)C(=O)N3CCCC3C(=O)NC(CC(C)C)C(=O)NC(C)C(=O)NC(CC(C)C)C(=O)NC(CNc3ccc([N+](=O)[O-])cc3[N+](=O)[O-])C(=O)NC(C)C(=O)NC(CCCN=C(N)N)C(N)=O)cc(=O)oc2c1. The first-order valence-corrected chi connectivity index (χ1v) is 31.5. The van der Waals surface area contributed by atoms with Crippen LogP contribution < -0.4 is 75.8 Å². The van der Waals surface area contributed by atoms with E-state index in [1.807, 2.05) is 0 Å². The van der Waals surface area contributed by atoms with E-state index in [0.29, 0.717) is 61.4 Å². The molecule has 520 valence electrons. The summed E-state index contributed by atoms with van der Waals surface area (Å²) in [6.45, 7) is 9.73. The van der Waals surface area contributed by atoms with Crippen LogP contribution in [-0.4, -0.2) is 179 Å². The highest BCUT2D eigenvalue weighted by molar-refractivity contribution is 5.99. The fourth-order valence-electron chi connectivity index (χ4n) is 11.1. The number of guanidine groups is 1. The summed E-state index contributed by atoms with van der Waals surface area (Å²) in [6, 6.07) is -2.84. The first-order chi connectivity index (χ1) is 44.9. The molecule has 0 bridgehead atoms. The van der Waals surface area contributed by atoms with Gasteiger partial charge in [-0.15, -0.1) is 0 Å². The number of ether oxygens (including phenoxy) is 1. The van der Waals surface area contributed by atoms with Crippen molar-refractivity contribution < 1.29 is 66.9 Å². The van der Waals surface area contributed by atoms with Crippen molar-refractivity contribution in [2.75, 3.05) is 45.2 Å². The maximum Gasteiger partial charge on any atom is 0.336 e. The number of primary amides is 1. The van der Waals surface area contributed by atoms with Gasteiger partial charge in [0.1, 0.15) is 71.4 Å². The van der Waals surface area contributed by atoms with Gasteiger partial charge in [0.15, 0.2) is 5.96 Å². The minimum atomic E-state index is -1.71. The molecule has 10 amide bonds. The zero-order chi connectivity index (χ0) is 70.4. The van der Waals surface area contributed by atoms with Crippen LogP contribution in [0.3, 0.4) is 0 Å². The van der Waals surface area contributed by atoms with Crippen molar-refractivity contribution in [1.29, 1.82) is 0 Å². The first kappa shape index (κ1) is 75.7. The Balaban J connectivity index is 1.28. The summed E-state index contributed by atoms with van der Waals surface area (Å²) in [7, 11) is 1.46. The number of fused-ring (bicyclic) bond motifs is 1. The van der Waals surface area contributed by atoms with Crippen LogP contribution in [0, 0.1) is 32.1 Å². The molecule has 2 saturated heterocycles. The molecule has 34 heteroatoms. The van der Waals surface area contributed by atoms with Crippen molar-refractivity contribution >= 4 is 93.1 Å². The first-order valence-electron chi connectivity index (χ1n) is 31.5. The highest BCUT2D eigenvalue weighted by Gasteiger charge is 2.42. The summed E-state index contributed by atoms with van der Waals surface area (Å²) >= 11 is 0. The van der Waals surface area contributed by atoms with Crippen LogP contribution >= 0.6 is 0 Å². The minimum Gasteiger partial charge on any atom is -0.497 e. The van der Waals surface area contributed by atoms with Crippen LogP contribution in [0.4, 0.5) is 17.1 Å². The molecular formula is C61H89N17O17. The molecule has 34 nitrogen and oxygen atoms in total. The van der Waals surface area contributed by atoms with E-state index in [1.165, 1.54) is 42.9 Å². The van der Waals surface area contributed by atoms with E-state index < -0.39 is 147 Å². The summed E-state index contributed by atoms with van der Waals surface area (Å²) in [6.07, 6.45) is 2.47. The van der Waals surface area contributed by atoms with Gasteiger partial charge in [-0.05, 0) is 127 Å². The number of nitro groups is 2. The van der Waals surface area contributed by atoms with E-state index in [-0.39, 0.29) is 93.6 Å². The van der Waals surface area contributed by atoms with Crippen LogP contribution in [-0.2, 0) is 54.4 Å². The predicted octanol–water partition coefficient (Wildman–Crippen LogP) is -0.552. The number of nitrogens with two attached hydrogens (primary N) is 4. The predicted molar refractivity (Wildman–Crippen MR) is 346 cm³/mol. The van der Waals surface area contributed by atoms with Crippen LogP contribution in [0.15, 0.2) is 56.7 Å². The molecule has 0 aliphatic carbocycles. The van der Waals surface area contributed by atoms with Gasteiger partial charge in [-0.3, -0.25) is 73.2 Å². The third-order valence-electron chi connectivity index (χ3n) is 16.0. The number of anilines is 1. The van der Waals surface area contributed by atoms with Crippen molar-refractivity contribution in [3.05, 3.63) is 78.7 Å². The van der Waals surface area contributed by atoms with Gasteiger partial charge in [-0.1, -0.05) is 27.7 Å². The second kappa shape index (κ2) is 35.9. The number of unbranched alkanes of at least 4 members (excludes halogenated alkanes) is 1. The third kappa shape index (κ3) is 22.3. The van der Waals surface area contributed by atoms with E-state index in [0.717, 1.165) is 12.1 Å². The minimum absolute atomic E-state index is 0.00775. The molecule has 9 unspecified atom stereocenters. The molecule has 0 radical (unpaired) electrons. The van der Waals surface area contributed by atoms with E-state index in [9.17, 15) is 73.0 Å². The maximum absolute atomic E-state index is 14.6. The number of hydrogen-bond donors (Lipinski definition) is 12. The lowest BCUT2D eigenvalue weighted by atomic mass is 10.0.